The molecule has 26 heteroatoms. The van der Waals surface area contributed by atoms with E-state index < -0.39 is 65.7 Å². The van der Waals surface area contributed by atoms with E-state index in [4.69, 9.17) is 63.7 Å². The number of amides is 5. The summed E-state index contributed by atoms with van der Waals surface area (Å²) in [5, 5.41) is 24.3. The number of anilines is 1. The Bertz CT molecular complexity index is 2850. The summed E-state index contributed by atoms with van der Waals surface area (Å²) in [6, 6.07) is 12.6. The van der Waals surface area contributed by atoms with Crippen molar-refractivity contribution in [3.8, 4) is 5.75 Å². The summed E-state index contributed by atoms with van der Waals surface area (Å²) in [4.78, 5) is 82.0. The summed E-state index contributed by atoms with van der Waals surface area (Å²) in [7, 11) is 7.82. The zero-order valence-corrected chi connectivity index (χ0v) is 52.9. The summed E-state index contributed by atoms with van der Waals surface area (Å²) in [6.45, 7) is 12.0. The zero-order valence-electron chi connectivity index (χ0n) is 52.2. The molecule has 488 valence electrons. The highest BCUT2D eigenvalue weighted by atomic mass is 35.5. The third kappa shape index (κ3) is 20.7. The molecule has 88 heavy (non-hydrogen) atoms. The second-order valence-corrected chi connectivity index (χ2v) is 22.5. The number of alkyl carbamates (subject to hydrolysis) is 1. The Morgan fingerprint density at radius 1 is 0.886 bits per heavy atom. The van der Waals surface area contributed by atoms with Crippen molar-refractivity contribution in [1.29, 1.82) is 0 Å². The van der Waals surface area contributed by atoms with Crippen molar-refractivity contribution in [3.63, 3.8) is 0 Å². The van der Waals surface area contributed by atoms with Crippen LogP contribution in [-0.4, -0.2) is 220 Å². The van der Waals surface area contributed by atoms with Crippen LogP contribution in [0, 0.1) is 5.92 Å². The molecule has 0 saturated carbocycles. The maximum Gasteiger partial charge on any atom is 0.409 e. The summed E-state index contributed by atoms with van der Waals surface area (Å²) < 4.78 is 64.9. The molecule has 0 radical (unpaired) electrons. The molecule has 1 aromatic heterocycles. The quantitative estimate of drug-likeness (QED) is 0.0327. The highest BCUT2D eigenvalue weighted by Gasteiger charge is 2.64. The molecule has 1 unspecified atom stereocenters. The summed E-state index contributed by atoms with van der Waals surface area (Å²) >= 11 is 6.82. The molecule has 4 bridgehead atoms. The smallest absolute Gasteiger partial charge is 0.409 e. The molecular weight excluding hydrogens is 1170 g/mol. The van der Waals surface area contributed by atoms with Crippen LogP contribution in [0.5, 0.6) is 5.75 Å². The van der Waals surface area contributed by atoms with E-state index in [1.165, 1.54) is 38.0 Å². The molecule has 0 aliphatic carbocycles. The third-order valence-corrected chi connectivity index (χ3v) is 16.1. The standard InChI is InChI=1S/C62H90ClN7O18/c1-41-13-12-16-51(79-9)62(77)38-50(86-60(76)67-62)42(2)58-61(4,88-58)52(37-56(74)69(7)48-34-44(33-41)35-49(78-8)57(48)63)87-59(75)43(3)68(6)55(73)18-21-80-23-25-82-27-29-84-31-32-85-30-28-83-26-24-81-22-19-65-54(72)40-66-53(71)17-20-70-46(39-64-5)36-45-14-10-11-15-47(45)70/h10-16,34-36,42-43,50-52,58,64,77H,17-33,37-40H2,1-9H3,(H,65,72)(H,66,71)(H,67,76)/b16-12+,41-13+/t42-,43+,50+,51-,52+,58?,61+,62+/m1/s1. The van der Waals surface area contributed by atoms with Gasteiger partial charge in [-0.25, -0.2) is 9.59 Å². The third-order valence-electron chi connectivity index (χ3n) is 15.7. The number of likely N-dealkylation sites (N-methyl/N-ethyl adjacent to an activating group) is 1. The molecular formula is C62H90ClN7O18. The van der Waals surface area contributed by atoms with E-state index in [-0.39, 0.29) is 74.8 Å². The van der Waals surface area contributed by atoms with Crippen molar-refractivity contribution in [3.05, 3.63) is 82.5 Å². The number of methoxy groups -OCH3 is 2. The van der Waals surface area contributed by atoms with Crippen molar-refractivity contribution >= 4 is 63.9 Å². The minimum absolute atomic E-state index is 0.0396. The van der Waals surface area contributed by atoms with E-state index in [9.17, 15) is 33.9 Å². The molecule has 8 atom stereocenters. The van der Waals surface area contributed by atoms with Crippen LogP contribution in [-0.2, 0) is 90.9 Å². The monoisotopic (exact) mass is 1260 g/mol. The number of carbonyl (C=O) groups excluding carboxylic acids is 6. The normalized spacial score (nSPS) is 23.4. The van der Waals surface area contributed by atoms with Gasteiger partial charge < -0.3 is 87.5 Å². The molecule has 25 nitrogen and oxygen atoms in total. The molecule has 4 heterocycles. The number of epoxide rings is 1. The van der Waals surface area contributed by atoms with Gasteiger partial charge in [0.2, 0.25) is 23.6 Å². The number of halogens is 1. The lowest BCUT2D eigenvalue weighted by Crippen LogP contribution is -2.63. The predicted molar refractivity (Wildman–Crippen MR) is 326 cm³/mol. The summed E-state index contributed by atoms with van der Waals surface area (Å²) in [5.74, 6) is -2.38. The lowest BCUT2D eigenvalue weighted by Gasteiger charge is -2.42. The first-order valence-electron chi connectivity index (χ1n) is 29.8. The van der Waals surface area contributed by atoms with E-state index in [1.54, 1.807) is 45.2 Å². The first kappa shape index (κ1) is 70.9. The molecule has 2 fully saturated rings. The van der Waals surface area contributed by atoms with Gasteiger partial charge in [-0.2, -0.15) is 0 Å². The van der Waals surface area contributed by atoms with Crippen LogP contribution in [0.3, 0.4) is 0 Å². The number of rotatable bonds is 33. The first-order valence-corrected chi connectivity index (χ1v) is 30.2. The number of carbonyl (C=O) groups is 6. The molecule has 2 saturated heterocycles. The Balaban J connectivity index is 0.820. The van der Waals surface area contributed by atoms with Gasteiger partial charge >= 0.3 is 12.1 Å². The second kappa shape index (κ2) is 35.2. The summed E-state index contributed by atoms with van der Waals surface area (Å²) in [6.07, 6.45) is 0.774. The number of aryl methyl sites for hydroxylation is 1. The fraction of sp³-hybridized carbons (Fsp3) is 0.613. The van der Waals surface area contributed by atoms with Crippen LogP contribution in [0.2, 0.25) is 5.02 Å². The maximum absolute atomic E-state index is 14.3. The van der Waals surface area contributed by atoms with E-state index in [0.29, 0.717) is 97.0 Å². The van der Waals surface area contributed by atoms with Gasteiger partial charge in [-0.05, 0) is 69.5 Å². The molecule has 3 aliphatic heterocycles. The second-order valence-electron chi connectivity index (χ2n) is 22.1. The molecule has 2 aromatic carbocycles. The van der Waals surface area contributed by atoms with Gasteiger partial charge in [0.1, 0.15) is 40.7 Å². The number of fused-ring (bicyclic) bond motifs is 6. The SMILES string of the molecule is CNCc1cc2ccccc2n1CCC(=O)NCC(=O)NCCOCCOCCOCCOCCOCCOCCC(=O)N(C)[C@@H](C)C(=O)O[C@H]1CC(=O)N(C)c2cc(cc(OC)c2Cl)C/C(C)=C/C=C/[C@@H](OC)[C@@]2(O)C[C@H](OC(=O)N2)[C@@H](C)C2O[C@]21C. The number of benzene rings is 2. The Morgan fingerprint density at radius 2 is 1.52 bits per heavy atom. The Kier molecular flexibility index (Phi) is 28.4. The van der Waals surface area contributed by atoms with Crippen LogP contribution in [0.25, 0.3) is 10.9 Å². The molecule has 5 N–H and O–H groups in total. The zero-order chi connectivity index (χ0) is 63.8. The average Bonchev–Trinajstić information content (AvgIpc) is 1.75. The number of para-hydroxylation sites is 1. The number of allylic oxidation sites excluding steroid dienone is 3. The van der Waals surface area contributed by atoms with Crippen LogP contribution in [0.4, 0.5) is 10.5 Å². The van der Waals surface area contributed by atoms with Gasteiger partial charge in [-0.1, -0.05) is 60.5 Å². The van der Waals surface area contributed by atoms with E-state index in [0.717, 1.165) is 27.7 Å². The van der Waals surface area contributed by atoms with Crippen molar-refractivity contribution < 1.29 is 86.0 Å². The number of nitrogens with one attached hydrogen (secondary N) is 4. The highest BCUT2D eigenvalue weighted by molar-refractivity contribution is 6.35. The first-order chi connectivity index (χ1) is 42.2. The van der Waals surface area contributed by atoms with Crippen molar-refractivity contribution in [2.75, 3.05) is 133 Å². The Morgan fingerprint density at radius 3 is 2.16 bits per heavy atom. The Labute approximate surface area is 520 Å². The molecule has 5 amide bonds. The van der Waals surface area contributed by atoms with Gasteiger partial charge in [0.25, 0.3) is 0 Å². The van der Waals surface area contributed by atoms with E-state index >= 15 is 0 Å². The maximum atomic E-state index is 14.3. The number of hydrogen-bond acceptors (Lipinski definition) is 19. The lowest BCUT2D eigenvalue weighted by atomic mass is 9.83. The van der Waals surface area contributed by atoms with Crippen LogP contribution in [0.15, 0.2) is 66.3 Å². The minimum Gasteiger partial charge on any atom is -0.495 e. The number of aromatic nitrogens is 1. The fourth-order valence-electron chi connectivity index (χ4n) is 10.4. The molecule has 0 spiro atoms. The van der Waals surface area contributed by atoms with Crippen LogP contribution >= 0.6 is 11.6 Å². The summed E-state index contributed by atoms with van der Waals surface area (Å²) in [5.41, 5.74) is 1.06. The van der Waals surface area contributed by atoms with Crippen molar-refractivity contribution in [1.82, 2.24) is 30.7 Å². The van der Waals surface area contributed by atoms with Crippen LogP contribution in [0.1, 0.15) is 64.6 Å². The Hall–Kier alpha value is -6.23. The molecule has 3 aromatic rings. The number of ether oxygens (including phenoxy) is 11. The number of esters is 1. The lowest BCUT2D eigenvalue weighted by molar-refractivity contribution is -0.162. The van der Waals surface area contributed by atoms with E-state index in [2.05, 4.69) is 31.9 Å². The fourth-order valence-corrected chi connectivity index (χ4v) is 10.7. The van der Waals surface area contributed by atoms with Gasteiger partial charge in [0.15, 0.2) is 5.72 Å². The number of nitrogens with zero attached hydrogens (tertiary/aromatic N) is 3. The van der Waals surface area contributed by atoms with Gasteiger partial charge in [-0.15, -0.1) is 0 Å². The van der Waals surface area contributed by atoms with Gasteiger partial charge in [-0.3, -0.25) is 24.5 Å². The average molecular weight is 1260 g/mol. The van der Waals surface area contributed by atoms with E-state index in [1.807, 2.05) is 44.3 Å². The number of aliphatic hydroxyl groups is 1. The number of hydrogen-bond donors (Lipinski definition) is 5. The van der Waals surface area contributed by atoms with Crippen LogP contribution < -0.4 is 30.9 Å². The van der Waals surface area contributed by atoms with Crippen molar-refractivity contribution in [2.24, 2.45) is 5.92 Å². The molecule has 6 rings (SSSR count). The van der Waals surface area contributed by atoms with Gasteiger partial charge in [0, 0.05) is 70.8 Å². The topological polar surface area (TPSA) is 287 Å². The highest BCUT2D eigenvalue weighted by Crippen LogP contribution is 2.49. The largest absolute Gasteiger partial charge is 0.495 e. The van der Waals surface area contributed by atoms with Gasteiger partial charge in [0.05, 0.1) is 118 Å². The molecule has 3 aliphatic rings. The van der Waals surface area contributed by atoms with Crippen molar-refractivity contribution in [2.45, 2.75) is 115 Å². The predicted octanol–water partition coefficient (Wildman–Crippen LogP) is 4.00. The minimum atomic E-state index is -1.87.